The molecule has 2 N–H and O–H groups in total. The van der Waals surface area contributed by atoms with Gasteiger partial charge in [-0.15, -0.1) is 0 Å². The fraction of sp³-hybridized carbons (Fsp3) is 0.462. The van der Waals surface area contributed by atoms with E-state index in [1.807, 2.05) is 25.1 Å². The summed E-state index contributed by atoms with van der Waals surface area (Å²) < 4.78 is 2.11. The predicted molar refractivity (Wildman–Crippen MR) is 87.9 cm³/mol. The number of halogens is 2. The highest BCUT2D eigenvalue weighted by Crippen LogP contribution is 2.24. The van der Waals surface area contributed by atoms with Crippen molar-refractivity contribution in [3.05, 3.63) is 26.2 Å². The minimum absolute atomic E-state index is 0.0294. The molecule has 0 bridgehead atoms. The number of hydrogen-bond donors (Lipinski definition) is 2. The molecule has 0 aromatic heterocycles. The van der Waals surface area contributed by atoms with Gasteiger partial charge >= 0.3 is 0 Å². The van der Waals surface area contributed by atoms with E-state index in [0.717, 1.165) is 26.6 Å². The second-order valence-corrected chi connectivity index (χ2v) is 6.33. The van der Waals surface area contributed by atoms with Gasteiger partial charge in [0.05, 0.1) is 6.54 Å². The van der Waals surface area contributed by atoms with E-state index in [4.69, 9.17) is 0 Å². The van der Waals surface area contributed by atoms with E-state index in [0.29, 0.717) is 6.54 Å². The van der Waals surface area contributed by atoms with Gasteiger partial charge in [0.1, 0.15) is 0 Å². The molecule has 3 nitrogen and oxygen atoms in total. The maximum absolute atomic E-state index is 11.7. The van der Waals surface area contributed by atoms with Crippen LogP contribution in [0.3, 0.4) is 0 Å². The minimum Gasteiger partial charge on any atom is -0.375 e. The molecule has 0 aliphatic carbocycles. The van der Waals surface area contributed by atoms with Gasteiger partial charge in [-0.05, 0) is 70.1 Å². The highest BCUT2D eigenvalue weighted by molar-refractivity contribution is 14.1. The molecule has 1 rings (SSSR count). The van der Waals surface area contributed by atoms with Gasteiger partial charge in [0, 0.05) is 19.8 Å². The van der Waals surface area contributed by atoms with E-state index in [-0.39, 0.29) is 11.9 Å². The number of hydrogen-bond acceptors (Lipinski definition) is 2. The fourth-order valence-electron chi connectivity index (χ4n) is 1.64. The van der Waals surface area contributed by atoms with Crippen molar-refractivity contribution in [2.75, 3.05) is 11.9 Å². The number of anilines is 1. The lowest BCUT2D eigenvalue weighted by Crippen LogP contribution is -2.36. The fourth-order valence-corrected chi connectivity index (χ4v) is 2.52. The first-order valence-electron chi connectivity index (χ1n) is 6.01. The average Bonchev–Trinajstić information content (AvgIpc) is 2.30. The monoisotopic (exact) mass is 424 g/mol. The molecule has 0 heterocycles. The lowest BCUT2D eigenvalue weighted by Gasteiger charge is -2.14. The van der Waals surface area contributed by atoms with Gasteiger partial charge < -0.3 is 10.6 Å². The van der Waals surface area contributed by atoms with Crippen LogP contribution in [0.1, 0.15) is 26.7 Å². The van der Waals surface area contributed by atoms with E-state index in [9.17, 15) is 4.79 Å². The second kappa shape index (κ2) is 7.99. The average molecular weight is 425 g/mol. The molecule has 0 aliphatic heterocycles. The molecule has 5 heteroatoms. The highest BCUT2D eigenvalue weighted by Gasteiger charge is 2.07. The summed E-state index contributed by atoms with van der Waals surface area (Å²) >= 11 is 5.71. The topological polar surface area (TPSA) is 41.1 Å². The van der Waals surface area contributed by atoms with Gasteiger partial charge in [0.15, 0.2) is 0 Å². The van der Waals surface area contributed by atoms with Gasteiger partial charge in [-0.25, -0.2) is 0 Å². The summed E-state index contributed by atoms with van der Waals surface area (Å²) in [6.07, 6.45) is 2.09. The van der Waals surface area contributed by atoms with Crippen LogP contribution in [0.5, 0.6) is 0 Å². The summed E-state index contributed by atoms with van der Waals surface area (Å²) in [5.74, 6) is 0.0294. The minimum atomic E-state index is 0.0294. The number of nitrogens with one attached hydrogen (secondary N) is 2. The van der Waals surface area contributed by atoms with E-state index in [1.54, 1.807) is 0 Å². The molecule has 1 unspecified atom stereocenters. The number of carbonyl (C=O) groups excluding carboxylic acids is 1. The van der Waals surface area contributed by atoms with E-state index >= 15 is 0 Å². The van der Waals surface area contributed by atoms with Crippen molar-refractivity contribution in [3.8, 4) is 0 Å². The Bertz CT molecular complexity index is 412. The molecule has 18 heavy (non-hydrogen) atoms. The van der Waals surface area contributed by atoms with Gasteiger partial charge in [-0.3, -0.25) is 4.79 Å². The van der Waals surface area contributed by atoms with Crippen LogP contribution in [0.15, 0.2) is 22.7 Å². The van der Waals surface area contributed by atoms with E-state index in [2.05, 4.69) is 56.1 Å². The van der Waals surface area contributed by atoms with Crippen LogP contribution in [0.25, 0.3) is 0 Å². The zero-order valence-corrected chi connectivity index (χ0v) is 14.3. The summed E-state index contributed by atoms with van der Waals surface area (Å²) in [7, 11) is 0. The first-order chi connectivity index (χ1) is 8.52. The van der Waals surface area contributed by atoms with Crippen molar-refractivity contribution < 1.29 is 4.79 Å². The van der Waals surface area contributed by atoms with Crippen LogP contribution in [0.2, 0.25) is 0 Å². The van der Waals surface area contributed by atoms with Gasteiger partial charge in [0.2, 0.25) is 5.91 Å². The van der Waals surface area contributed by atoms with Gasteiger partial charge in [-0.1, -0.05) is 13.3 Å². The molecule has 0 saturated heterocycles. The van der Waals surface area contributed by atoms with Crippen LogP contribution >= 0.6 is 38.5 Å². The Labute approximate surface area is 130 Å². The normalized spacial score (nSPS) is 12.0. The smallest absolute Gasteiger partial charge is 0.239 e. The molecule has 0 aliphatic rings. The molecule has 1 atom stereocenters. The summed E-state index contributed by atoms with van der Waals surface area (Å²) in [4.78, 5) is 11.7. The SMILES string of the molecule is CCCC(C)NC(=O)CNc1cc(I)ccc1Br. The Morgan fingerprint density at radius 2 is 2.22 bits per heavy atom. The molecule has 100 valence electrons. The maximum atomic E-state index is 11.7. The van der Waals surface area contributed by atoms with Crippen LogP contribution in [0, 0.1) is 3.57 Å². The Morgan fingerprint density at radius 1 is 1.50 bits per heavy atom. The van der Waals surface area contributed by atoms with E-state index in [1.165, 1.54) is 0 Å². The molecule has 0 radical (unpaired) electrons. The summed E-state index contributed by atoms with van der Waals surface area (Å²) in [5, 5.41) is 6.10. The van der Waals surface area contributed by atoms with Crippen LogP contribution in [-0.2, 0) is 4.79 Å². The Kier molecular flexibility index (Phi) is 6.99. The standard InChI is InChI=1S/C13H18BrIN2O/c1-3-4-9(2)17-13(18)8-16-12-7-10(15)5-6-11(12)14/h5-7,9,16H,3-4,8H2,1-2H3,(H,17,18). The molecule has 1 amide bonds. The molecule has 0 saturated carbocycles. The quantitative estimate of drug-likeness (QED) is 0.682. The lowest BCUT2D eigenvalue weighted by molar-refractivity contribution is -0.120. The first-order valence-corrected chi connectivity index (χ1v) is 7.88. The summed E-state index contributed by atoms with van der Waals surface area (Å²) in [6.45, 7) is 4.44. The highest BCUT2D eigenvalue weighted by atomic mass is 127. The third kappa shape index (κ3) is 5.56. The first kappa shape index (κ1) is 15.8. The Morgan fingerprint density at radius 3 is 2.89 bits per heavy atom. The van der Waals surface area contributed by atoms with Crippen molar-refractivity contribution in [2.45, 2.75) is 32.7 Å². The number of amides is 1. The van der Waals surface area contributed by atoms with Crippen molar-refractivity contribution in [3.63, 3.8) is 0 Å². The zero-order valence-electron chi connectivity index (χ0n) is 10.6. The van der Waals surface area contributed by atoms with Crippen molar-refractivity contribution >= 4 is 50.1 Å². The van der Waals surface area contributed by atoms with Crippen LogP contribution in [-0.4, -0.2) is 18.5 Å². The summed E-state index contributed by atoms with van der Waals surface area (Å²) in [6, 6.07) is 6.23. The Balaban J connectivity index is 2.45. The van der Waals surface area contributed by atoms with Crippen molar-refractivity contribution in [1.29, 1.82) is 0 Å². The van der Waals surface area contributed by atoms with Crippen molar-refractivity contribution in [2.24, 2.45) is 0 Å². The Hall–Kier alpha value is -0.300. The molecule has 1 aromatic rings. The second-order valence-electron chi connectivity index (χ2n) is 4.23. The molecular formula is C13H18BrIN2O. The molecule has 0 fully saturated rings. The molecule has 1 aromatic carbocycles. The molecular weight excluding hydrogens is 407 g/mol. The number of carbonyl (C=O) groups is 1. The third-order valence-corrected chi connectivity index (χ3v) is 3.86. The van der Waals surface area contributed by atoms with Gasteiger partial charge in [-0.2, -0.15) is 0 Å². The zero-order chi connectivity index (χ0) is 13.5. The van der Waals surface area contributed by atoms with Crippen molar-refractivity contribution in [1.82, 2.24) is 5.32 Å². The molecule has 0 spiro atoms. The number of rotatable bonds is 6. The maximum Gasteiger partial charge on any atom is 0.239 e. The predicted octanol–water partition coefficient (Wildman–Crippen LogP) is 3.77. The van der Waals surface area contributed by atoms with Crippen LogP contribution < -0.4 is 10.6 Å². The summed E-state index contributed by atoms with van der Waals surface area (Å²) in [5.41, 5.74) is 0.945. The van der Waals surface area contributed by atoms with E-state index < -0.39 is 0 Å². The van der Waals surface area contributed by atoms with Gasteiger partial charge in [0.25, 0.3) is 0 Å². The largest absolute Gasteiger partial charge is 0.375 e. The number of benzene rings is 1. The third-order valence-electron chi connectivity index (χ3n) is 2.50. The van der Waals surface area contributed by atoms with Crippen LogP contribution in [0.4, 0.5) is 5.69 Å². The lowest BCUT2D eigenvalue weighted by atomic mass is 10.2.